The van der Waals surface area contributed by atoms with Crippen molar-refractivity contribution in [1.82, 2.24) is 24.3 Å². The van der Waals surface area contributed by atoms with Crippen LogP contribution in [0.4, 0.5) is 0 Å². The molecule has 0 radical (unpaired) electrons. The lowest BCUT2D eigenvalue weighted by atomic mass is 10.1. The van der Waals surface area contributed by atoms with E-state index in [2.05, 4.69) is 15.3 Å². The van der Waals surface area contributed by atoms with Gasteiger partial charge in [-0.15, -0.1) is 11.3 Å². The molecule has 3 heterocycles. The van der Waals surface area contributed by atoms with Crippen LogP contribution in [0, 0.1) is 0 Å². The first-order valence-corrected chi connectivity index (χ1v) is 9.47. The largest absolute Gasteiger partial charge is 0.497 e. The molecular formula is C19H19N5O2S. The molecule has 0 aliphatic rings. The van der Waals surface area contributed by atoms with Crippen LogP contribution in [-0.2, 0) is 6.54 Å². The van der Waals surface area contributed by atoms with E-state index < -0.39 is 0 Å². The fourth-order valence-electron chi connectivity index (χ4n) is 2.84. The minimum Gasteiger partial charge on any atom is -0.497 e. The molecule has 0 saturated carbocycles. The topological polar surface area (TPSA) is 73.5 Å². The summed E-state index contributed by atoms with van der Waals surface area (Å²) < 4.78 is 9.10. The summed E-state index contributed by atoms with van der Waals surface area (Å²) in [6.45, 7) is 1.43. The monoisotopic (exact) mass is 381 g/mol. The average molecular weight is 381 g/mol. The number of imidazole rings is 2. The molecule has 0 saturated heterocycles. The van der Waals surface area contributed by atoms with Gasteiger partial charge in [0.05, 0.1) is 19.1 Å². The van der Waals surface area contributed by atoms with Crippen molar-refractivity contribution in [2.75, 3.05) is 13.7 Å². The standard InChI is InChI=1S/C19H19N5O2S/c1-26-15-5-2-4-14(10-15)16-11-24-17(12-27-19(24)22-16)18(25)21-6-3-8-23-9-7-20-13-23/h2,4-5,7,9-13H,3,6,8H2,1H3,(H,21,25). The van der Waals surface area contributed by atoms with Gasteiger partial charge in [-0.05, 0) is 18.6 Å². The Labute approximate surface area is 160 Å². The summed E-state index contributed by atoms with van der Waals surface area (Å²) in [7, 11) is 1.64. The Kier molecular flexibility index (Phi) is 4.88. The fourth-order valence-corrected chi connectivity index (χ4v) is 3.70. The van der Waals surface area contributed by atoms with Crippen LogP contribution in [0.5, 0.6) is 5.75 Å². The van der Waals surface area contributed by atoms with Crippen LogP contribution in [0.1, 0.15) is 16.9 Å². The van der Waals surface area contributed by atoms with Crippen molar-refractivity contribution in [3.63, 3.8) is 0 Å². The number of rotatable bonds is 7. The Morgan fingerprint density at radius 1 is 1.37 bits per heavy atom. The van der Waals surface area contributed by atoms with Crippen molar-refractivity contribution in [3.05, 3.63) is 60.3 Å². The van der Waals surface area contributed by atoms with Gasteiger partial charge in [0.1, 0.15) is 11.4 Å². The van der Waals surface area contributed by atoms with Gasteiger partial charge >= 0.3 is 0 Å². The van der Waals surface area contributed by atoms with Gasteiger partial charge in [-0.2, -0.15) is 0 Å². The summed E-state index contributed by atoms with van der Waals surface area (Å²) >= 11 is 1.45. The van der Waals surface area contributed by atoms with Gasteiger partial charge in [-0.25, -0.2) is 9.97 Å². The van der Waals surface area contributed by atoms with Crippen molar-refractivity contribution in [2.24, 2.45) is 0 Å². The number of hydrogen-bond acceptors (Lipinski definition) is 5. The summed E-state index contributed by atoms with van der Waals surface area (Å²) in [4.78, 5) is 22.0. The van der Waals surface area contributed by atoms with Crippen LogP contribution in [0.25, 0.3) is 16.2 Å². The first-order chi connectivity index (χ1) is 13.2. The second-order valence-corrected chi connectivity index (χ2v) is 6.88. The smallest absolute Gasteiger partial charge is 0.269 e. The highest BCUT2D eigenvalue weighted by Crippen LogP contribution is 2.26. The molecule has 0 spiro atoms. The summed E-state index contributed by atoms with van der Waals surface area (Å²) in [5, 5.41) is 4.81. The normalized spacial score (nSPS) is 11.0. The van der Waals surface area contributed by atoms with Gasteiger partial charge in [0.15, 0.2) is 4.96 Å². The van der Waals surface area contributed by atoms with E-state index >= 15 is 0 Å². The summed E-state index contributed by atoms with van der Waals surface area (Å²) in [5.74, 6) is 0.682. The Hall–Kier alpha value is -3.13. The molecule has 0 aliphatic carbocycles. The Bertz CT molecular complexity index is 1050. The zero-order valence-corrected chi connectivity index (χ0v) is 15.6. The molecule has 8 heteroatoms. The van der Waals surface area contributed by atoms with Crippen molar-refractivity contribution in [3.8, 4) is 17.0 Å². The maximum atomic E-state index is 12.5. The number of thiazole rings is 1. The highest BCUT2D eigenvalue weighted by Gasteiger charge is 2.15. The SMILES string of the molecule is COc1cccc(-c2cn3c(C(=O)NCCCn4ccnc4)csc3n2)c1. The molecule has 4 rings (SSSR count). The van der Waals surface area contributed by atoms with E-state index in [-0.39, 0.29) is 5.91 Å². The number of carbonyl (C=O) groups excluding carboxylic acids is 1. The van der Waals surface area contributed by atoms with Crippen molar-refractivity contribution < 1.29 is 9.53 Å². The minimum absolute atomic E-state index is 0.0959. The maximum Gasteiger partial charge on any atom is 0.269 e. The first-order valence-electron chi connectivity index (χ1n) is 8.59. The molecule has 4 aromatic rings. The van der Waals surface area contributed by atoms with E-state index in [0.717, 1.165) is 34.9 Å². The van der Waals surface area contributed by atoms with Crippen LogP contribution in [-0.4, -0.2) is 38.5 Å². The van der Waals surface area contributed by atoms with E-state index in [9.17, 15) is 4.79 Å². The van der Waals surface area contributed by atoms with Gasteiger partial charge in [-0.3, -0.25) is 9.20 Å². The number of fused-ring (bicyclic) bond motifs is 1. The van der Waals surface area contributed by atoms with E-state index in [1.165, 1.54) is 11.3 Å². The molecule has 1 aromatic carbocycles. The van der Waals surface area contributed by atoms with Gasteiger partial charge in [0.25, 0.3) is 5.91 Å². The Balaban J connectivity index is 1.45. The molecule has 138 valence electrons. The van der Waals surface area contributed by atoms with E-state index in [4.69, 9.17) is 4.74 Å². The number of amides is 1. The number of nitrogens with zero attached hydrogens (tertiary/aromatic N) is 4. The highest BCUT2D eigenvalue weighted by atomic mass is 32.1. The van der Waals surface area contributed by atoms with Crippen LogP contribution in [0.15, 0.2) is 54.6 Å². The van der Waals surface area contributed by atoms with Gasteiger partial charge in [-0.1, -0.05) is 12.1 Å². The van der Waals surface area contributed by atoms with Crippen molar-refractivity contribution in [1.29, 1.82) is 0 Å². The lowest BCUT2D eigenvalue weighted by Gasteiger charge is -2.05. The molecule has 3 aromatic heterocycles. The Morgan fingerprint density at radius 3 is 3.11 bits per heavy atom. The number of ether oxygens (including phenoxy) is 1. The van der Waals surface area contributed by atoms with Crippen LogP contribution in [0.3, 0.4) is 0 Å². The van der Waals surface area contributed by atoms with E-state index in [1.807, 2.05) is 51.0 Å². The summed E-state index contributed by atoms with van der Waals surface area (Å²) in [6, 6.07) is 7.73. The summed E-state index contributed by atoms with van der Waals surface area (Å²) in [5.41, 5.74) is 2.37. The Morgan fingerprint density at radius 2 is 2.30 bits per heavy atom. The lowest BCUT2D eigenvalue weighted by molar-refractivity contribution is 0.0947. The molecule has 0 atom stereocenters. The first kappa shape index (κ1) is 17.3. The molecule has 0 bridgehead atoms. The summed E-state index contributed by atoms with van der Waals surface area (Å²) in [6.07, 6.45) is 8.17. The third-order valence-corrected chi connectivity index (χ3v) is 5.08. The number of carbonyl (C=O) groups is 1. The molecule has 1 N–H and O–H groups in total. The van der Waals surface area contributed by atoms with Crippen molar-refractivity contribution >= 4 is 22.2 Å². The maximum absolute atomic E-state index is 12.5. The fraction of sp³-hybridized carbons (Fsp3) is 0.211. The highest BCUT2D eigenvalue weighted by molar-refractivity contribution is 7.15. The number of methoxy groups -OCH3 is 1. The number of benzene rings is 1. The van der Waals surface area contributed by atoms with E-state index in [1.54, 1.807) is 19.6 Å². The lowest BCUT2D eigenvalue weighted by Crippen LogP contribution is -2.26. The zero-order valence-electron chi connectivity index (χ0n) is 14.8. The second-order valence-electron chi connectivity index (χ2n) is 6.04. The van der Waals surface area contributed by atoms with Crippen LogP contribution >= 0.6 is 11.3 Å². The third-order valence-electron chi connectivity index (χ3n) is 4.25. The van der Waals surface area contributed by atoms with Crippen LogP contribution < -0.4 is 10.1 Å². The predicted molar refractivity (Wildman–Crippen MR) is 104 cm³/mol. The molecule has 0 aliphatic heterocycles. The predicted octanol–water partition coefficient (Wildman–Crippen LogP) is 3.09. The molecule has 0 unspecified atom stereocenters. The zero-order chi connectivity index (χ0) is 18.6. The average Bonchev–Trinajstić information content (AvgIpc) is 3.42. The third kappa shape index (κ3) is 3.70. The number of aryl methyl sites for hydroxylation is 1. The minimum atomic E-state index is -0.0959. The number of aromatic nitrogens is 4. The molecule has 0 fully saturated rings. The second kappa shape index (κ2) is 7.63. The number of hydrogen-bond donors (Lipinski definition) is 1. The van der Waals surface area contributed by atoms with Gasteiger partial charge in [0, 0.05) is 42.6 Å². The van der Waals surface area contributed by atoms with Gasteiger partial charge in [0.2, 0.25) is 0 Å². The van der Waals surface area contributed by atoms with Gasteiger partial charge < -0.3 is 14.6 Å². The molecule has 1 amide bonds. The van der Waals surface area contributed by atoms with Crippen molar-refractivity contribution in [2.45, 2.75) is 13.0 Å². The molecule has 7 nitrogen and oxygen atoms in total. The van der Waals surface area contributed by atoms with Crippen LogP contribution in [0.2, 0.25) is 0 Å². The number of nitrogens with one attached hydrogen (secondary N) is 1. The quantitative estimate of drug-likeness (QED) is 0.499. The molecule has 27 heavy (non-hydrogen) atoms. The van der Waals surface area contributed by atoms with E-state index in [0.29, 0.717) is 12.2 Å². The molecular weight excluding hydrogens is 362 g/mol.